The van der Waals surface area contributed by atoms with E-state index in [4.69, 9.17) is 9.26 Å². The van der Waals surface area contributed by atoms with Gasteiger partial charge in [0.2, 0.25) is 0 Å². The van der Waals surface area contributed by atoms with E-state index in [9.17, 15) is 4.79 Å². The average Bonchev–Trinajstić information content (AvgIpc) is 3.24. The van der Waals surface area contributed by atoms with E-state index in [-0.39, 0.29) is 6.03 Å². The lowest BCUT2D eigenvalue weighted by Gasteiger charge is -2.34. The third-order valence-corrected chi connectivity index (χ3v) is 5.82. The van der Waals surface area contributed by atoms with Gasteiger partial charge in [-0.1, -0.05) is 47.1 Å². The second-order valence-corrected chi connectivity index (χ2v) is 8.28. The van der Waals surface area contributed by atoms with Crippen LogP contribution in [-0.4, -0.2) is 47.2 Å². The first-order chi connectivity index (χ1) is 16.1. The summed E-state index contributed by atoms with van der Waals surface area (Å²) in [5.74, 6) is 2.12. The van der Waals surface area contributed by atoms with E-state index >= 15 is 0 Å². The fourth-order valence-electron chi connectivity index (χ4n) is 3.97. The maximum absolute atomic E-state index is 12.7. The van der Waals surface area contributed by atoms with Crippen molar-refractivity contribution in [3.8, 4) is 11.5 Å². The number of piperazine rings is 1. The number of anilines is 1. The molecule has 4 aromatic rings. The number of para-hydroxylation sites is 1. The van der Waals surface area contributed by atoms with Crippen molar-refractivity contribution in [2.75, 3.05) is 31.5 Å². The molecule has 0 spiro atoms. The molecule has 1 saturated heterocycles. The number of fused-ring (bicyclic) bond motifs is 1. The standard InChI is InChI=1S/C26H26N4O3/c1-19-9-11-21(12-10-19)32-22-6-4-5-20(17-22)18-29-13-15-30(16-14-29)26(31)27-25-23-7-2-3-8-24(23)33-28-25/h2-12,17H,13-16,18H2,1H3,(H,27,28,31). The van der Waals surface area contributed by atoms with Gasteiger partial charge in [0, 0.05) is 32.7 Å². The van der Waals surface area contributed by atoms with Crippen LogP contribution in [-0.2, 0) is 6.54 Å². The number of hydrogen-bond acceptors (Lipinski definition) is 5. The molecule has 1 aromatic heterocycles. The zero-order valence-electron chi connectivity index (χ0n) is 18.5. The Morgan fingerprint density at radius 3 is 2.58 bits per heavy atom. The van der Waals surface area contributed by atoms with Crippen molar-refractivity contribution in [2.45, 2.75) is 13.5 Å². The monoisotopic (exact) mass is 442 g/mol. The zero-order chi connectivity index (χ0) is 22.6. The number of rotatable bonds is 5. The smallest absolute Gasteiger partial charge is 0.323 e. The van der Waals surface area contributed by atoms with Gasteiger partial charge in [0.05, 0.1) is 5.39 Å². The van der Waals surface area contributed by atoms with Crippen LogP contribution >= 0.6 is 0 Å². The summed E-state index contributed by atoms with van der Waals surface area (Å²) >= 11 is 0. The maximum Gasteiger partial charge on any atom is 0.323 e. The number of ether oxygens (including phenoxy) is 1. The van der Waals surface area contributed by atoms with E-state index in [0.717, 1.165) is 36.5 Å². The maximum atomic E-state index is 12.7. The summed E-state index contributed by atoms with van der Waals surface area (Å²) in [6.45, 7) is 5.78. The molecule has 0 unspecified atom stereocenters. The number of nitrogens with one attached hydrogen (secondary N) is 1. The largest absolute Gasteiger partial charge is 0.457 e. The number of aromatic nitrogens is 1. The first-order valence-corrected chi connectivity index (χ1v) is 11.1. The van der Waals surface area contributed by atoms with Crippen molar-refractivity contribution >= 4 is 22.8 Å². The third-order valence-electron chi connectivity index (χ3n) is 5.82. The van der Waals surface area contributed by atoms with Gasteiger partial charge in [-0.25, -0.2) is 4.79 Å². The Balaban J connectivity index is 1.14. The van der Waals surface area contributed by atoms with Crippen molar-refractivity contribution in [3.05, 3.63) is 83.9 Å². The molecule has 0 saturated carbocycles. The number of benzene rings is 3. The number of carbonyl (C=O) groups excluding carboxylic acids is 1. The summed E-state index contributed by atoms with van der Waals surface area (Å²) in [6, 6.07) is 23.6. The Labute approximate surface area is 192 Å². The van der Waals surface area contributed by atoms with Crippen molar-refractivity contribution in [1.82, 2.24) is 15.0 Å². The van der Waals surface area contributed by atoms with E-state index < -0.39 is 0 Å². The van der Waals surface area contributed by atoms with E-state index in [1.165, 1.54) is 11.1 Å². The van der Waals surface area contributed by atoms with Crippen LogP contribution in [0, 0.1) is 6.92 Å². The van der Waals surface area contributed by atoms with E-state index in [0.29, 0.717) is 24.5 Å². The van der Waals surface area contributed by atoms with Crippen LogP contribution in [0.25, 0.3) is 11.0 Å². The van der Waals surface area contributed by atoms with Crippen LogP contribution in [0.4, 0.5) is 10.6 Å². The second-order valence-electron chi connectivity index (χ2n) is 8.28. The number of aryl methyl sites for hydroxylation is 1. The SMILES string of the molecule is Cc1ccc(Oc2cccc(CN3CCN(C(=O)Nc4noc5ccccc45)CC3)c2)cc1. The molecule has 1 aliphatic rings. The van der Waals surface area contributed by atoms with Gasteiger partial charge in [0.25, 0.3) is 0 Å². The van der Waals surface area contributed by atoms with E-state index in [1.807, 2.05) is 65.6 Å². The Bertz CT molecular complexity index is 1240. The summed E-state index contributed by atoms with van der Waals surface area (Å²) in [4.78, 5) is 16.9. The lowest BCUT2D eigenvalue weighted by molar-refractivity contribution is 0.143. The van der Waals surface area contributed by atoms with Crippen LogP contribution in [0.5, 0.6) is 11.5 Å². The number of urea groups is 1. The minimum absolute atomic E-state index is 0.151. The first-order valence-electron chi connectivity index (χ1n) is 11.1. The molecule has 168 valence electrons. The first kappa shape index (κ1) is 21.0. The number of carbonyl (C=O) groups is 1. The van der Waals surface area contributed by atoms with Crippen LogP contribution in [0.1, 0.15) is 11.1 Å². The fraction of sp³-hybridized carbons (Fsp3) is 0.231. The quantitative estimate of drug-likeness (QED) is 0.455. The van der Waals surface area contributed by atoms with Crippen LogP contribution in [0.2, 0.25) is 0 Å². The van der Waals surface area contributed by atoms with Gasteiger partial charge in [-0.2, -0.15) is 0 Å². The Kier molecular flexibility index (Phi) is 5.95. The van der Waals surface area contributed by atoms with Gasteiger partial charge in [-0.3, -0.25) is 10.2 Å². The van der Waals surface area contributed by atoms with Crippen LogP contribution < -0.4 is 10.1 Å². The summed E-state index contributed by atoms with van der Waals surface area (Å²) in [5, 5.41) is 7.67. The molecule has 1 N–H and O–H groups in total. The highest BCUT2D eigenvalue weighted by Gasteiger charge is 2.22. The zero-order valence-corrected chi connectivity index (χ0v) is 18.5. The number of nitrogens with zero attached hydrogens (tertiary/aromatic N) is 3. The molecular formula is C26H26N4O3. The van der Waals surface area contributed by atoms with Crippen molar-refractivity contribution in [3.63, 3.8) is 0 Å². The van der Waals surface area contributed by atoms with Crippen molar-refractivity contribution in [2.24, 2.45) is 0 Å². The topological polar surface area (TPSA) is 70.8 Å². The molecule has 0 aliphatic carbocycles. The molecule has 0 atom stereocenters. The Morgan fingerprint density at radius 2 is 1.76 bits per heavy atom. The van der Waals surface area contributed by atoms with Gasteiger partial charge in [-0.15, -0.1) is 0 Å². The van der Waals surface area contributed by atoms with Crippen LogP contribution in [0.3, 0.4) is 0 Å². The van der Waals surface area contributed by atoms with E-state index in [1.54, 1.807) is 0 Å². The predicted molar refractivity (Wildman–Crippen MR) is 128 cm³/mol. The molecule has 2 heterocycles. The number of hydrogen-bond donors (Lipinski definition) is 1. The summed E-state index contributed by atoms with van der Waals surface area (Å²) in [5.41, 5.74) is 3.05. The summed E-state index contributed by atoms with van der Waals surface area (Å²) in [6.07, 6.45) is 0. The summed E-state index contributed by atoms with van der Waals surface area (Å²) < 4.78 is 11.3. The lowest BCUT2D eigenvalue weighted by Crippen LogP contribution is -2.49. The molecular weight excluding hydrogens is 416 g/mol. The fourth-order valence-corrected chi connectivity index (χ4v) is 3.97. The average molecular weight is 443 g/mol. The highest BCUT2D eigenvalue weighted by atomic mass is 16.5. The van der Waals surface area contributed by atoms with Crippen molar-refractivity contribution < 1.29 is 14.1 Å². The van der Waals surface area contributed by atoms with Gasteiger partial charge >= 0.3 is 6.03 Å². The minimum atomic E-state index is -0.151. The Hall–Kier alpha value is -3.84. The lowest BCUT2D eigenvalue weighted by atomic mass is 10.2. The molecule has 7 nitrogen and oxygen atoms in total. The predicted octanol–water partition coefficient (Wildman–Crippen LogP) is 5.28. The highest BCUT2D eigenvalue weighted by Crippen LogP contribution is 2.24. The second kappa shape index (κ2) is 9.34. The number of amides is 2. The molecule has 0 radical (unpaired) electrons. The molecule has 1 fully saturated rings. The van der Waals surface area contributed by atoms with Gasteiger partial charge in [0.15, 0.2) is 11.4 Å². The molecule has 1 aliphatic heterocycles. The third kappa shape index (κ3) is 4.99. The van der Waals surface area contributed by atoms with Crippen molar-refractivity contribution in [1.29, 1.82) is 0 Å². The molecule has 7 heteroatoms. The Morgan fingerprint density at radius 1 is 0.970 bits per heavy atom. The minimum Gasteiger partial charge on any atom is -0.457 e. The molecule has 3 aromatic carbocycles. The molecule has 33 heavy (non-hydrogen) atoms. The van der Waals surface area contributed by atoms with Gasteiger partial charge in [-0.05, 0) is 48.9 Å². The molecule has 2 amide bonds. The molecule has 0 bridgehead atoms. The summed E-state index contributed by atoms with van der Waals surface area (Å²) in [7, 11) is 0. The van der Waals surface area contributed by atoms with Crippen LogP contribution in [0.15, 0.2) is 77.3 Å². The molecule has 5 rings (SSSR count). The van der Waals surface area contributed by atoms with E-state index in [2.05, 4.69) is 34.4 Å². The van der Waals surface area contributed by atoms with Gasteiger partial charge < -0.3 is 14.2 Å². The normalized spacial score (nSPS) is 14.4. The van der Waals surface area contributed by atoms with Gasteiger partial charge in [0.1, 0.15) is 11.5 Å². The highest BCUT2D eigenvalue weighted by molar-refractivity contribution is 5.98.